The third kappa shape index (κ3) is 5.10. The first-order valence-electron chi connectivity index (χ1n) is 10.0. The van der Waals surface area contributed by atoms with Crippen LogP contribution in [0.2, 0.25) is 0 Å². The zero-order chi connectivity index (χ0) is 21.0. The number of aromatic nitrogens is 2. The summed E-state index contributed by atoms with van der Waals surface area (Å²) in [7, 11) is 0. The van der Waals surface area contributed by atoms with Gasteiger partial charge in [-0.15, -0.1) is 0 Å². The summed E-state index contributed by atoms with van der Waals surface area (Å²) in [5, 5.41) is 0. The largest absolute Gasteiger partial charge is 0.491 e. The predicted octanol–water partition coefficient (Wildman–Crippen LogP) is 4.13. The molecular weight excluding hydrogens is 370 g/mol. The van der Waals surface area contributed by atoms with Gasteiger partial charge in [0.2, 0.25) is 5.88 Å². The normalized spacial score (nSPS) is 14.3. The molecule has 1 atom stereocenters. The second-order valence-corrected chi connectivity index (χ2v) is 7.54. The highest BCUT2D eigenvalue weighted by atomic mass is 16.5. The van der Waals surface area contributed by atoms with Crippen molar-refractivity contribution in [1.29, 1.82) is 0 Å². The molecular formula is C22H27N3O4. The number of amides is 1. The van der Waals surface area contributed by atoms with Crippen LogP contribution in [0.5, 0.6) is 17.4 Å². The molecule has 1 aromatic heterocycles. The first-order valence-corrected chi connectivity index (χ1v) is 10.0. The fourth-order valence-corrected chi connectivity index (χ4v) is 2.77. The average molecular weight is 397 g/mol. The summed E-state index contributed by atoms with van der Waals surface area (Å²) in [4.78, 5) is 34.8. The van der Waals surface area contributed by atoms with E-state index in [1.54, 1.807) is 23.1 Å². The second kappa shape index (κ2) is 9.03. The number of hydrogen-bond acceptors (Lipinski definition) is 6. The molecule has 0 aliphatic carbocycles. The fourth-order valence-electron chi connectivity index (χ4n) is 2.77. The lowest BCUT2D eigenvalue weighted by molar-refractivity contribution is 0.0645. The number of benzene rings is 1. The van der Waals surface area contributed by atoms with Gasteiger partial charge in [0.1, 0.15) is 17.2 Å². The maximum absolute atomic E-state index is 12.5. The Morgan fingerprint density at radius 2 is 1.79 bits per heavy atom. The Hall–Kier alpha value is -2.96. The Morgan fingerprint density at radius 3 is 2.34 bits per heavy atom. The molecule has 0 spiro atoms. The third-order valence-corrected chi connectivity index (χ3v) is 4.81. The Kier molecular flexibility index (Phi) is 6.46. The summed E-state index contributed by atoms with van der Waals surface area (Å²) in [5.74, 6) is 0.987. The van der Waals surface area contributed by atoms with Crippen molar-refractivity contribution < 1.29 is 19.1 Å². The predicted molar refractivity (Wildman–Crippen MR) is 109 cm³/mol. The van der Waals surface area contributed by atoms with Crippen molar-refractivity contribution in [2.45, 2.75) is 46.6 Å². The van der Waals surface area contributed by atoms with Gasteiger partial charge in [0.05, 0.1) is 18.5 Å². The van der Waals surface area contributed by atoms with E-state index in [1.807, 2.05) is 27.7 Å². The third-order valence-electron chi connectivity index (χ3n) is 4.81. The zero-order valence-electron chi connectivity index (χ0n) is 17.3. The van der Waals surface area contributed by atoms with E-state index in [0.29, 0.717) is 22.8 Å². The number of Topliss-reactive ketones (excluding diaryl/α,β-unsaturated/α-hetero) is 1. The number of ketones is 1. The Bertz CT molecular complexity index is 876. The van der Waals surface area contributed by atoms with E-state index in [-0.39, 0.29) is 29.6 Å². The van der Waals surface area contributed by atoms with Gasteiger partial charge < -0.3 is 14.4 Å². The molecule has 0 unspecified atom stereocenters. The van der Waals surface area contributed by atoms with Crippen LogP contribution in [0.4, 0.5) is 0 Å². The summed E-state index contributed by atoms with van der Waals surface area (Å²) in [5.41, 5.74) is 0.815. The van der Waals surface area contributed by atoms with Crippen LogP contribution in [-0.2, 0) is 0 Å². The van der Waals surface area contributed by atoms with Crippen LogP contribution in [0, 0.1) is 5.92 Å². The molecule has 0 radical (unpaired) electrons. The number of carbonyl (C=O) groups excluding carboxylic acids is 2. The summed E-state index contributed by atoms with van der Waals surface area (Å²) < 4.78 is 11.7. The maximum atomic E-state index is 12.5. The van der Waals surface area contributed by atoms with E-state index >= 15 is 0 Å². The summed E-state index contributed by atoms with van der Waals surface area (Å²) >= 11 is 0. The SMILES string of the molecule is CC[C@H](C)Oc1cc(Oc2cnc(C(=O)N3CCC3)cn2)cc(C(=O)C(C)C)c1. The molecule has 2 heterocycles. The van der Waals surface area contributed by atoms with E-state index in [1.165, 1.54) is 12.4 Å². The Morgan fingerprint density at radius 1 is 1.07 bits per heavy atom. The van der Waals surface area contributed by atoms with Gasteiger partial charge in [0, 0.05) is 30.6 Å². The Labute approximate surface area is 171 Å². The minimum Gasteiger partial charge on any atom is -0.491 e. The van der Waals surface area contributed by atoms with E-state index in [0.717, 1.165) is 25.9 Å². The highest BCUT2D eigenvalue weighted by molar-refractivity contribution is 5.98. The number of nitrogens with zero attached hydrogens (tertiary/aromatic N) is 3. The van der Waals surface area contributed by atoms with Crippen LogP contribution in [0.25, 0.3) is 0 Å². The van der Waals surface area contributed by atoms with E-state index in [2.05, 4.69) is 9.97 Å². The van der Waals surface area contributed by atoms with Crippen molar-refractivity contribution in [3.05, 3.63) is 41.9 Å². The van der Waals surface area contributed by atoms with Gasteiger partial charge in [-0.3, -0.25) is 9.59 Å². The molecule has 1 saturated heterocycles. The van der Waals surface area contributed by atoms with Crippen LogP contribution in [0.15, 0.2) is 30.6 Å². The number of likely N-dealkylation sites (tertiary alicyclic amines) is 1. The lowest BCUT2D eigenvalue weighted by atomic mass is 10.0. The van der Waals surface area contributed by atoms with Crippen molar-refractivity contribution >= 4 is 11.7 Å². The van der Waals surface area contributed by atoms with Crippen LogP contribution < -0.4 is 9.47 Å². The molecule has 0 N–H and O–H groups in total. The van der Waals surface area contributed by atoms with E-state index < -0.39 is 0 Å². The molecule has 7 nitrogen and oxygen atoms in total. The van der Waals surface area contributed by atoms with Gasteiger partial charge in [0.15, 0.2) is 5.78 Å². The van der Waals surface area contributed by atoms with Crippen molar-refractivity contribution in [3.8, 4) is 17.4 Å². The van der Waals surface area contributed by atoms with Crippen molar-refractivity contribution in [2.24, 2.45) is 5.92 Å². The monoisotopic (exact) mass is 397 g/mol. The quantitative estimate of drug-likeness (QED) is 0.623. The van der Waals surface area contributed by atoms with Gasteiger partial charge in [0.25, 0.3) is 5.91 Å². The highest BCUT2D eigenvalue weighted by Gasteiger charge is 2.23. The van der Waals surface area contributed by atoms with Crippen molar-refractivity contribution in [3.63, 3.8) is 0 Å². The first kappa shape index (κ1) is 20.8. The maximum Gasteiger partial charge on any atom is 0.274 e. The molecule has 7 heteroatoms. The van der Waals surface area contributed by atoms with E-state index in [4.69, 9.17) is 9.47 Å². The first-order chi connectivity index (χ1) is 13.9. The van der Waals surface area contributed by atoms with Crippen LogP contribution >= 0.6 is 0 Å². The second-order valence-electron chi connectivity index (χ2n) is 7.54. The molecule has 1 aromatic carbocycles. The van der Waals surface area contributed by atoms with Crippen LogP contribution in [0.1, 0.15) is 61.4 Å². The van der Waals surface area contributed by atoms with Crippen LogP contribution in [0.3, 0.4) is 0 Å². The topological polar surface area (TPSA) is 81.6 Å². The number of carbonyl (C=O) groups is 2. The van der Waals surface area contributed by atoms with Crippen molar-refractivity contribution in [1.82, 2.24) is 14.9 Å². The van der Waals surface area contributed by atoms with Gasteiger partial charge in [-0.1, -0.05) is 20.8 Å². The molecule has 1 amide bonds. The van der Waals surface area contributed by atoms with Gasteiger partial charge in [-0.05, 0) is 31.9 Å². The number of ether oxygens (including phenoxy) is 2. The molecule has 0 bridgehead atoms. The minimum absolute atomic E-state index is 0.00558. The molecule has 1 aliphatic heterocycles. The van der Waals surface area contributed by atoms with Crippen molar-refractivity contribution in [2.75, 3.05) is 13.1 Å². The molecule has 3 rings (SSSR count). The summed E-state index contributed by atoms with van der Waals surface area (Å²) in [6.45, 7) is 9.22. The zero-order valence-corrected chi connectivity index (χ0v) is 17.3. The Balaban J connectivity index is 1.81. The van der Waals surface area contributed by atoms with Gasteiger partial charge in [-0.25, -0.2) is 9.97 Å². The molecule has 0 saturated carbocycles. The average Bonchev–Trinajstić information content (AvgIpc) is 2.66. The molecule has 1 aliphatic rings. The molecule has 2 aromatic rings. The fraction of sp³-hybridized carbons (Fsp3) is 0.455. The number of rotatable bonds is 8. The van der Waals surface area contributed by atoms with Crippen LogP contribution in [-0.4, -0.2) is 45.8 Å². The summed E-state index contributed by atoms with van der Waals surface area (Å²) in [6.07, 6.45) is 4.71. The molecule has 1 fully saturated rings. The number of hydrogen-bond donors (Lipinski definition) is 0. The summed E-state index contributed by atoms with van der Waals surface area (Å²) in [6, 6.07) is 5.14. The molecule has 29 heavy (non-hydrogen) atoms. The van der Waals surface area contributed by atoms with Gasteiger partial charge >= 0.3 is 0 Å². The standard InChI is InChI=1S/C22H27N3O4/c1-5-15(4)28-17-9-16(21(26)14(2)3)10-18(11-17)29-20-13-23-19(12-24-20)22(27)25-7-6-8-25/h9-15H,5-8H2,1-4H3/t15-/m0/s1. The van der Waals surface area contributed by atoms with E-state index in [9.17, 15) is 9.59 Å². The smallest absolute Gasteiger partial charge is 0.274 e. The minimum atomic E-state index is -0.145. The van der Waals surface area contributed by atoms with Gasteiger partial charge in [-0.2, -0.15) is 0 Å². The highest BCUT2D eigenvalue weighted by Crippen LogP contribution is 2.28. The lowest BCUT2D eigenvalue weighted by Crippen LogP contribution is -2.42. The molecule has 154 valence electrons. The lowest BCUT2D eigenvalue weighted by Gasteiger charge is -2.30.